The number of aromatic amines is 1. The van der Waals surface area contributed by atoms with Gasteiger partial charge in [0.15, 0.2) is 0 Å². The van der Waals surface area contributed by atoms with E-state index in [4.69, 9.17) is 0 Å². The number of imidazole rings is 1. The van der Waals surface area contributed by atoms with E-state index >= 15 is 0 Å². The first kappa shape index (κ1) is 12.2. The summed E-state index contributed by atoms with van der Waals surface area (Å²) < 4.78 is 0. The lowest BCUT2D eigenvalue weighted by molar-refractivity contribution is 0.102. The van der Waals surface area contributed by atoms with Gasteiger partial charge in [0.2, 0.25) is 0 Å². The molecule has 0 radical (unpaired) electrons. The third-order valence-electron chi connectivity index (χ3n) is 3.14. The zero-order chi connectivity index (χ0) is 14.1. The van der Waals surface area contributed by atoms with Crippen molar-refractivity contribution in [1.82, 2.24) is 9.97 Å². The number of aryl methyl sites for hydroxylation is 1. The van der Waals surface area contributed by atoms with E-state index in [1.807, 2.05) is 6.92 Å². The molecule has 1 aromatic heterocycles. The quantitative estimate of drug-likeness (QED) is 0.625. The minimum atomic E-state index is -0.199. The predicted octanol–water partition coefficient (Wildman–Crippen LogP) is 2.83. The summed E-state index contributed by atoms with van der Waals surface area (Å²) in [5.41, 5.74) is 3.68. The molecular formula is C15H13N3O2. The average molecular weight is 267 g/mol. The van der Waals surface area contributed by atoms with Crippen molar-refractivity contribution in [2.24, 2.45) is 0 Å². The number of fused-ring (bicyclic) bond motifs is 1. The fourth-order valence-corrected chi connectivity index (χ4v) is 2.06. The molecule has 0 bridgehead atoms. The van der Waals surface area contributed by atoms with Crippen LogP contribution in [0, 0.1) is 6.92 Å². The molecule has 0 aliphatic heterocycles. The molecule has 3 aromatic rings. The molecule has 1 heterocycles. The summed E-state index contributed by atoms with van der Waals surface area (Å²) in [6.07, 6.45) is 1.59. The Bertz CT molecular complexity index is 793. The molecule has 3 N–H and O–H groups in total. The predicted molar refractivity (Wildman–Crippen MR) is 76.9 cm³/mol. The zero-order valence-corrected chi connectivity index (χ0v) is 10.8. The second-order valence-corrected chi connectivity index (χ2v) is 4.59. The minimum absolute atomic E-state index is 0.180. The first-order valence-electron chi connectivity index (χ1n) is 6.17. The Kier molecular flexibility index (Phi) is 2.87. The molecule has 0 atom stereocenters. The molecule has 0 saturated carbocycles. The molecule has 100 valence electrons. The van der Waals surface area contributed by atoms with Crippen LogP contribution in [0.15, 0.2) is 42.7 Å². The van der Waals surface area contributed by atoms with Gasteiger partial charge < -0.3 is 15.4 Å². The summed E-state index contributed by atoms with van der Waals surface area (Å²) >= 11 is 0. The standard InChI is InChI=1S/C15H13N3O2/c1-9-6-11(19)3-5-12(9)18-15(20)10-2-4-13-14(7-10)17-8-16-13/h2-8,19H,1H3,(H,16,17)(H,18,20). The number of phenolic OH excluding ortho intramolecular Hbond substituents is 1. The highest BCUT2D eigenvalue weighted by molar-refractivity contribution is 6.06. The lowest BCUT2D eigenvalue weighted by Crippen LogP contribution is -2.12. The smallest absolute Gasteiger partial charge is 0.255 e. The minimum Gasteiger partial charge on any atom is -0.508 e. The highest BCUT2D eigenvalue weighted by atomic mass is 16.3. The van der Waals surface area contributed by atoms with E-state index in [0.29, 0.717) is 11.3 Å². The van der Waals surface area contributed by atoms with E-state index in [1.165, 1.54) is 0 Å². The summed E-state index contributed by atoms with van der Waals surface area (Å²) in [7, 11) is 0. The monoisotopic (exact) mass is 267 g/mol. The van der Waals surface area contributed by atoms with Crippen LogP contribution in [0.1, 0.15) is 15.9 Å². The van der Waals surface area contributed by atoms with Gasteiger partial charge in [-0.1, -0.05) is 0 Å². The zero-order valence-electron chi connectivity index (χ0n) is 10.8. The normalized spacial score (nSPS) is 10.7. The van der Waals surface area contributed by atoms with E-state index < -0.39 is 0 Å². The first-order chi connectivity index (χ1) is 9.63. The Hall–Kier alpha value is -2.82. The van der Waals surface area contributed by atoms with Gasteiger partial charge in [0.05, 0.1) is 17.4 Å². The number of hydrogen-bond acceptors (Lipinski definition) is 3. The van der Waals surface area contributed by atoms with Gasteiger partial charge in [-0.25, -0.2) is 4.98 Å². The number of nitrogens with one attached hydrogen (secondary N) is 2. The Morgan fingerprint density at radius 1 is 1.25 bits per heavy atom. The van der Waals surface area contributed by atoms with Crippen LogP contribution in [0.3, 0.4) is 0 Å². The third-order valence-corrected chi connectivity index (χ3v) is 3.14. The molecule has 0 saturated heterocycles. The number of hydrogen-bond donors (Lipinski definition) is 3. The van der Waals surface area contributed by atoms with Gasteiger partial charge in [0.25, 0.3) is 5.91 Å². The molecule has 0 fully saturated rings. The fourth-order valence-electron chi connectivity index (χ4n) is 2.06. The Balaban J connectivity index is 1.88. The molecule has 2 aromatic carbocycles. The number of rotatable bonds is 2. The maximum atomic E-state index is 12.2. The van der Waals surface area contributed by atoms with Crippen LogP contribution in [0.25, 0.3) is 11.0 Å². The number of aromatic hydroxyl groups is 1. The summed E-state index contributed by atoms with van der Waals surface area (Å²) in [4.78, 5) is 19.3. The van der Waals surface area contributed by atoms with Crippen LogP contribution >= 0.6 is 0 Å². The summed E-state index contributed by atoms with van der Waals surface area (Å²) in [6.45, 7) is 1.83. The Labute approximate surface area is 115 Å². The number of amides is 1. The maximum absolute atomic E-state index is 12.2. The molecule has 0 aliphatic rings. The van der Waals surface area contributed by atoms with Crippen LogP contribution in [0.5, 0.6) is 5.75 Å². The lowest BCUT2D eigenvalue weighted by Gasteiger charge is -2.08. The van der Waals surface area contributed by atoms with Gasteiger partial charge in [-0.15, -0.1) is 0 Å². The van der Waals surface area contributed by atoms with Crippen LogP contribution in [0.4, 0.5) is 5.69 Å². The largest absolute Gasteiger partial charge is 0.508 e. The molecule has 0 aliphatic carbocycles. The average Bonchev–Trinajstić information content (AvgIpc) is 2.89. The number of anilines is 1. The number of carbonyl (C=O) groups excluding carboxylic acids is 1. The van der Waals surface area contributed by atoms with Gasteiger partial charge in [0, 0.05) is 11.3 Å². The van der Waals surface area contributed by atoms with Gasteiger partial charge >= 0.3 is 0 Å². The topological polar surface area (TPSA) is 78.0 Å². The Morgan fingerprint density at radius 2 is 2.10 bits per heavy atom. The highest BCUT2D eigenvalue weighted by Crippen LogP contribution is 2.21. The van der Waals surface area contributed by atoms with Crippen molar-refractivity contribution in [3.8, 4) is 5.75 Å². The summed E-state index contributed by atoms with van der Waals surface area (Å²) in [5, 5.41) is 12.2. The van der Waals surface area contributed by atoms with Gasteiger partial charge in [-0.05, 0) is 48.9 Å². The van der Waals surface area contributed by atoms with Crippen molar-refractivity contribution in [3.63, 3.8) is 0 Å². The van der Waals surface area contributed by atoms with Crippen molar-refractivity contribution in [1.29, 1.82) is 0 Å². The number of phenols is 1. The van der Waals surface area contributed by atoms with Crippen LogP contribution in [-0.4, -0.2) is 21.0 Å². The van der Waals surface area contributed by atoms with Crippen LogP contribution in [-0.2, 0) is 0 Å². The van der Waals surface area contributed by atoms with Crippen LogP contribution in [0.2, 0.25) is 0 Å². The number of benzene rings is 2. The van der Waals surface area contributed by atoms with E-state index in [9.17, 15) is 9.90 Å². The molecule has 0 spiro atoms. The first-order valence-corrected chi connectivity index (χ1v) is 6.17. The van der Waals surface area contributed by atoms with Crippen LogP contribution < -0.4 is 5.32 Å². The second-order valence-electron chi connectivity index (χ2n) is 4.59. The van der Waals surface area contributed by atoms with Crippen molar-refractivity contribution in [2.45, 2.75) is 6.92 Å². The van der Waals surface area contributed by atoms with E-state index in [0.717, 1.165) is 16.6 Å². The molecule has 20 heavy (non-hydrogen) atoms. The SMILES string of the molecule is Cc1cc(O)ccc1NC(=O)c1ccc2nc[nH]c2c1. The van der Waals surface area contributed by atoms with Gasteiger partial charge in [-0.2, -0.15) is 0 Å². The van der Waals surface area contributed by atoms with Crippen molar-refractivity contribution in [3.05, 3.63) is 53.9 Å². The van der Waals surface area contributed by atoms with Crippen molar-refractivity contribution >= 4 is 22.6 Å². The molecule has 3 rings (SSSR count). The van der Waals surface area contributed by atoms with E-state index in [1.54, 1.807) is 42.7 Å². The number of H-pyrrole nitrogens is 1. The molecule has 5 nitrogen and oxygen atoms in total. The molecule has 0 unspecified atom stereocenters. The van der Waals surface area contributed by atoms with Crippen molar-refractivity contribution < 1.29 is 9.90 Å². The fraction of sp³-hybridized carbons (Fsp3) is 0.0667. The summed E-state index contributed by atoms with van der Waals surface area (Å²) in [5.74, 6) is -0.0188. The van der Waals surface area contributed by atoms with Crippen molar-refractivity contribution in [2.75, 3.05) is 5.32 Å². The second kappa shape index (κ2) is 4.70. The number of carbonyl (C=O) groups is 1. The highest BCUT2D eigenvalue weighted by Gasteiger charge is 2.09. The molecular weight excluding hydrogens is 254 g/mol. The number of nitrogens with zero attached hydrogens (tertiary/aromatic N) is 1. The van der Waals surface area contributed by atoms with E-state index in [2.05, 4.69) is 15.3 Å². The number of aromatic nitrogens is 2. The molecule has 1 amide bonds. The molecule has 5 heteroatoms. The van der Waals surface area contributed by atoms with E-state index in [-0.39, 0.29) is 11.7 Å². The van der Waals surface area contributed by atoms with Gasteiger partial charge in [0.1, 0.15) is 5.75 Å². The Morgan fingerprint density at radius 3 is 2.90 bits per heavy atom. The lowest BCUT2D eigenvalue weighted by atomic mass is 10.1. The summed E-state index contributed by atoms with van der Waals surface area (Å²) in [6, 6.07) is 10.1. The van der Waals surface area contributed by atoms with Gasteiger partial charge in [-0.3, -0.25) is 4.79 Å². The maximum Gasteiger partial charge on any atom is 0.255 e. The third kappa shape index (κ3) is 2.21.